The summed E-state index contributed by atoms with van der Waals surface area (Å²) in [6.07, 6.45) is -1.44. The first-order valence-electron chi connectivity index (χ1n) is 7.59. The van der Waals surface area contributed by atoms with E-state index in [4.69, 9.17) is 18.9 Å². The molecule has 24 heavy (non-hydrogen) atoms. The molecule has 2 rings (SSSR count). The van der Waals surface area contributed by atoms with E-state index in [9.17, 15) is 19.2 Å². The summed E-state index contributed by atoms with van der Waals surface area (Å²) in [5.41, 5.74) is 0. The van der Waals surface area contributed by atoms with Crippen molar-refractivity contribution in [1.29, 1.82) is 0 Å². The molecular formula is C14H18O10. The van der Waals surface area contributed by atoms with Crippen LogP contribution in [0, 0.1) is 0 Å². The summed E-state index contributed by atoms with van der Waals surface area (Å²) in [6.45, 7) is -0.530. The van der Waals surface area contributed by atoms with Crippen LogP contribution in [-0.2, 0) is 38.0 Å². The minimum Gasteiger partial charge on any atom is -0.431 e. The van der Waals surface area contributed by atoms with Crippen LogP contribution in [0.2, 0.25) is 0 Å². The molecule has 10 nitrogen and oxygen atoms in total. The third-order valence-corrected chi connectivity index (χ3v) is 3.15. The zero-order chi connectivity index (χ0) is 17.4. The van der Waals surface area contributed by atoms with Gasteiger partial charge in [0, 0.05) is 25.7 Å². The number of ether oxygens (including phenoxy) is 6. The van der Waals surface area contributed by atoms with Crippen LogP contribution in [0.5, 0.6) is 0 Å². The Bertz CT molecular complexity index is 444. The Hall–Kier alpha value is -2.52. The lowest BCUT2D eigenvalue weighted by molar-refractivity contribution is -0.182. The second-order valence-electron chi connectivity index (χ2n) is 5.06. The van der Waals surface area contributed by atoms with Gasteiger partial charge in [0.15, 0.2) is 0 Å². The van der Waals surface area contributed by atoms with Gasteiger partial charge in [-0.25, -0.2) is 9.59 Å². The average molecular weight is 346 g/mol. The molecule has 2 atom stereocenters. The normalized spacial score (nSPS) is 23.5. The van der Waals surface area contributed by atoms with Crippen LogP contribution < -0.4 is 0 Å². The molecule has 0 aromatic rings. The van der Waals surface area contributed by atoms with Crippen molar-refractivity contribution >= 4 is 24.2 Å². The molecule has 0 saturated carbocycles. The third-order valence-electron chi connectivity index (χ3n) is 3.15. The smallest absolute Gasteiger partial charge is 0.431 e. The van der Waals surface area contributed by atoms with E-state index < -0.39 is 36.8 Å². The van der Waals surface area contributed by atoms with E-state index in [0.717, 1.165) is 0 Å². The van der Waals surface area contributed by atoms with E-state index in [0.29, 0.717) is 38.5 Å². The Morgan fingerprint density at radius 1 is 0.833 bits per heavy atom. The first kappa shape index (κ1) is 17.8. The highest BCUT2D eigenvalue weighted by atomic mass is 16.8. The van der Waals surface area contributed by atoms with E-state index in [1.54, 1.807) is 0 Å². The first-order valence-corrected chi connectivity index (χ1v) is 7.59. The molecule has 0 spiro atoms. The summed E-state index contributed by atoms with van der Waals surface area (Å²) in [7, 11) is 0. The Morgan fingerprint density at radius 2 is 1.25 bits per heavy atom. The monoisotopic (exact) mass is 346 g/mol. The number of cyclic esters (lactones) is 2. The van der Waals surface area contributed by atoms with E-state index in [-0.39, 0.29) is 13.2 Å². The molecule has 0 aromatic carbocycles. The third kappa shape index (κ3) is 6.31. The summed E-state index contributed by atoms with van der Waals surface area (Å²) >= 11 is 0. The number of carbonyl (C=O) groups is 4. The van der Waals surface area contributed by atoms with Crippen LogP contribution in [-0.4, -0.2) is 50.0 Å². The highest BCUT2D eigenvalue weighted by Gasteiger charge is 2.25. The molecule has 134 valence electrons. The fraction of sp³-hybridized carbons (Fsp3) is 0.714. The van der Waals surface area contributed by atoms with Gasteiger partial charge in [-0.3, -0.25) is 9.59 Å². The van der Waals surface area contributed by atoms with Crippen molar-refractivity contribution in [2.24, 2.45) is 0 Å². The van der Waals surface area contributed by atoms with Gasteiger partial charge in [-0.15, -0.1) is 0 Å². The van der Waals surface area contributed by atoms with Gasteiger partial charge < -0.3 is 28.4 Å². The van der Waals surface area contributed by atoms with E-state index in [1.165, 1.54) is 0 Å². The van der Waals surface area contributed by atoms with Crippen molar-refractivity contribution in [2.45, 2.75) is 51.1 Å². The summed E-state index contributed by atoms with van der Waals surface area (Å²) in [4.78, 5) is 44.7. The van der Waals surface area contributed by atoms with Crippen LogP contribution >= 0.6 is 0 Å². The zero-order valence-corrected chi connectivity index (χ0v) is 12.9. The minimum atomic E-state index is -1.03. The predicted octanol–water partition coefficient (Wildman–Crippen LogP) is 1.40. The van der Waals surface area contributed by atoms with E-state index in [2.05, 4.69) is 9.47 Å². The molecule has 0 N–H and O–H groups in total. The maximum absolute atomic E-state index is 11.4. The van der Waals surface area contributed by atoms with Crippen LogP contribution in [0.25, 0.3) is 0 Å². The number of hydrogen-bond acceptors (Lipinski definition) is 10. The van der Waals surface area contributed by atoms with Gasteiger partial charge in [-0.2, -0.15) is 0 Å². The van der Waals surface area contributed by atoms with Gasteiger partial charge in [0.1, 0.15) is 13.2 Å². The zero-order valence-electron chi connectivity index (χ0n) is 12.9. The lowest BCUT2D eigenvalue weighted by Gasteiger charge is -2.22. The molecule has 0 aromatic heterocycles. The molecule has 10 heteroatoms. The Kier molecular flexibility index (Phi) is 6.64. The van der Waals surface area contributed by atoms with Gasteiger partial charge in [0.05, 0.1) is 0 Å². The van der Waals surface area contributed by atoms with Gasteiger partial charge in [0.25, 0.3) is 12.6 Å². The van der Waals surface area contributed by atoms with Crippen molar-refractivity contribution in [1.82, 2.24) is 0 Å². The van der Waals surface area contributed by atoms with Crippen LogP contribution in [0.15, 0.2) is 0 Å². The average Bonchev–Trinajstić information content (AvgIpc) is 2.51. The van der Waals surface area contributed by atoms with Gasteiger partial charge in [0.2, 0.25) is 0 Å². The number of esters is 2. The number of carbonyl (C=O) groups excluding carboxylic acids is 4. The predicted molar refractivity (Wildman–Crippen MR) is 72.3 cm³/mol. The molecule has 2 fully saturated rings. The lowest BCUT2D eigenvalue weighted by atomic mass is 10.2. The Morgan fingerprint density at radius 3 is 1.62 bits per heavy atom. The van der Waals surface area contributed by atoms with Crippen molar-refractivity contribution in [2.75, 3.05) is 13.2 Å². The Balaban J connectivity index is 1.53. The largest absolute Gasteiger partial charge is 0.511 e. The Labute approximate surface area is 137 Å². The molecule has 2 unspecified atom stereocenters. The topological polar surface area (TPSA) is 124 Å². The minimum absolute atomic E-state index is 0.265. The SMILES string of the molecule is O=C1CCCC(OC(=O)OCCOC(=O)OC2CCCC(=O)O2)O1. The summed E-state index contributed by atoms with van der Waals surface area (Å²) in [5.74, 6) is -0.873. The molecule has 0 aliphatic carbocycles. The molecule has 2 heterocycles. The second kappa shape index (κ2) is 8.94. The van der Waals surface area contributed by atoms with E-state index in [1.807, 2.05) is 0 Å². The molecule has 2 aliphatic heterocycles. The van der Waals surface area contributed by atoms with Gasteiger partial charge >= 0.3 is 24.2 Å². The number of rotatable bonds is 5. The van der Waals surface area contributed by atoms with Crippen molar-refractivity contribution in [3.8, 4) is 0 Å². The molecular weight excluding hydrogens is 328 g/mol. The fourth-order valence-corrected chi connectivity index (χ4v) is 2.05. The molecule has 2 saturated heterocycles. The van der Waals surface area contributed by atoms with Gasteiger partial charge in [-0.05, 0) is 12.8 Å². The van der Waals surface area contributed by atoms with Crippen molar-refractivity contribution < 1.29 is 47.6 Å². The molecule has 0 radical (unpaired) electrons. The van der Waals surface area contributed by atoms with Crippen LogP contribution in [0.1, 0.15) is 38.5 Å². The first-order chi connectivity index (χ1) is 11.5. The summed E-state index contributed by atoms with van der Waals surface area (Å²) < 4.78 is 28.4. The fourth-order valence-electron chi connectivity index (χ4n) is 2.05. The standard InChI is InChI=1S/C14H18O10/c15-9-3-1-5-11(21-9)23-13(17)19-7-8-20-14(18)24-12-6-2-4-10(16)22-12/h11-12H,1-8H2. The van der Waals surface area contributed by atoms with E-state index >= 15 is 0 Å². The van der Waals surface area contributed by atoms with Gasteiger partial charge in [-0.1, -0.05) is 0 Å². The van der Waals surface area contributed by atoms with Crippen molar-refractivity contribution in [3.63, 3.8) is 0 Å². The second-order valence-corrected chi connectivity index (χ2v) is 5.06. The summed E-state index contributed by atoms with van der Waals surface area (Å²) in [6, 6.07) is 0. The maximum Gasteiger partial charge on any atom is 0.511 e. The number of hydrogen-bond donors (Lipinski definition) is 0. The lowest BCUT2D eigenvalue weighted by Crippen LogP contribution is -2.30. The highest BCUT2D eigenvalue weighted by Crippen LogP contribution is 2.16. The quantitative estimate of drug-likeness (QED) is 0.410. The highest BCUT2D eigenvalue weighted by molar-refractivity contribution is 5.71. The van der Waals surface area contributed by atoms with Crippen LogP contribution in [0.3, 0.4) is 0 Å². The maximum atomic E-state index is 11.4. The molecule has 2 aliphatic rings. The summed E-state index contributed by atoms with van der Waals surface area (Å²) in [5, 5.41) is 0. The van der Waals surface area contributed by atoms with Crippen LogP contribution in [0.4, 0.5) is 9.59 Å². The van der Waals surface area contributed by atoms with Crippen molar-refractivity contribution in [3.05, 3.63) is 0 Å². The molecule has 0 amide bonds. The molecule has 0 bridgehead atoms.